The molecule has 0 aliphatic heterocycles. The van der Waals surface area contributed by atoms with Crippen LogP contribution in [-0.4, -0.2) is 5.11 Å². The lowest BCUT2D eigenvalue weighted by molar-refractivity contribution is 0.122. The minimum Gasteiger partial charge on any atom is -0.374 e. The lowest BCUT2D eigenvalue weighted by Gasteiger charge is -2.18. The van der Waals surface area contributed by atoms with Gasteiger partial charge in [0.15, 0.2) is 0 Å². The molecule has 1 atom stereocenters. The minimum absolute atomic E-state index is 0.514. The molecule has 0 aromatic heterocycles. The van der Waals surface area contributed by atoms with E-state index >= 15 is 0 Å². The van der Waals surface area contributed by atoms with Gasteiger partial charge in [-0.25, -0.2) is 0 Å². The third-order valence-corrected chi connectivity index (χ3v) is 3.13. The highest BCUT2D eigenvalue weighted by Gasteiger charge is 2.19. The molecule has 1 N–H and O–H groups in total. The van der Waals surface area contributed by atoms with Crippen molar-refractivity contribution in [2.75, 3.05) is 0 Å². The first-order valence-corrected chi connectivity index (χ1v) is 6.80. The van der Waals surface area contributed by atoms with Crippen molar-refractivity contribution in [3.05, 3.63) is 35.4 Å². The number of unbranched alkanes of at least 4 members (excludes halogenated alkanes) is 2. The van der Waals surface area contributed by atoms with Crippen molar-refractivity contribution in [3.63, 3.8) is 0 Å². The molecule has 1 aromatic carbocycles. The van der Waals surface area contributed by atoms with E-state index in [9.17, 15) is 5.11 Å². The van der Waals surface area contributed by atoms with Gasteiger partial charge in [-0.3, -0.25) is 0 Å². The molecular formula is C17H24O. The Morgan fingerprint density at radius 3 is 2.33 bits per heavy atom. The van der Waals surface area contributed by atoms with Crippen LogP contribution in [0.25, 0.3) is 0 Å². The van der Waals surface area contributed by atoms with E-state index in [1.165, 1.54) is 5.56 Å². The molecule has 18 heavy (non-hydrogen) atoms. The zero-order valence-electron chi connectivity index (χ0n) is 12.0. The third kappa shape index (κ3) is 4.20. The molecule has 0 radical (unpaired) electrons. The third-order valence-electron chi connectivity index (χ3n) is 3.13. The van der Waals surface area contributed by atoms with Crippen molar-refractivity contribution >= 4 is 0 Å². The molecular weight excluding hydrogens is 220 g/mol. The second kappa shape index (κ2) is 6.61. The molecule has 1 heteroatoms. The predicted molar refractivity (Wildman–Crippen MR) is 77.4 cm³/mol. The Morgan fingerprint density at radius 2 is 1.83 bits per heavy atom. The van der Waals surface area contributed by atoms with Crippen LogP contribution in [0.1, 0.15) is 64.0 Å². The van der Waals surface area contributed by atoms with E-state index in [1.807, 2.05) is 12.1 Å². The normalized spacial score (nSPS) is 13.9. The van der Waals surface area contributed by atoms with Gasteiger partial charge >= 0.3 is 0 Å². The van der Waals surface area contributed by atoms with Gasteiger partial charge in [-0.1, -0.05) is 63.3 Å². The molecule has 1 aromatic rings. The molecule has 1 nitrogen and oxygen atoms in total. The van der Waals surface area contributed by atoms with Crippen LogP contribution in [0.4, 0.5) is 0 Å². The fraction of sp³-hybridized carbons (Fsp3) is 0.529. The minimum atomic E-state index is -1.04. The lowest BCUT2D eigenvalue weighted by atomic mass is 9.93. The zero-order chi connectivity index (χ0) is 13.6. The first-order chi connectivity index (χ1) is 8.47. The summed E-state index contributed by atoms with van der Waals surface area (Å²) in [6.07, 6.45) is 3.09. The van der Waals surface area contributed by atoms with Crippen molar-refractivity contribution in [1.82, 2.24) is 0 Å². The maximum Gasteiger partial charge on any atom is 0.148 e. The second-order valence-corrected chi connectivity index (χ2v) is 5.25. The monoisotopic (exact) mass is 244 g/mol. The highest BCUT2D eigenvalue weighted by atomic mass is 16.3. The van der Waals surface area contributed by atoms with Crippen LogP contribution in [0.5, 0.6) is 0 Å². The van der Waals surface area contributed by atoms with Crippen molar-refractivity contribution < 1.29 is 5.11 Å². The summed E-state index contributed by atoms with van der Waals surface area (Å²) in [6, 6.07) is 8.10. The van der Waals surface area contributed by atoms with Gasteiger partial charge in [0, 0.05) is 6.42 Å². The van der Waals surface area contributed by atoms with E-state index in [0.717, 1.165) is 24.8 Å². The molecule has 0 aliphatic carbocycles. The predicted octanol–water partition coefficient (Wildman–Crippen LogP) is 4.21. The molecule has 0 heterocycles. The topological polar surface area (TPSA) is 20.2 Å². The van der Waals surface area contributed by atoms with Crippen LogP contribution in [0.3, 0.4) is 0 Å². The van der Waals surface area contributed by atoms with E-state index in [1.54, 1.807) is 6.92 Å². The van der Waals surface area contributed by atoms with Gasteiger partial charge in [-0.15, -0.1) is 0 Å². The number of hydrogen-bond acceptors (Lipinski definition) is 1. The number of benzene rings is 1. The van der Waals surface area contributed by atoms with Crippen LogP contribution >= 0.6 is 0 Å². The maximum atomic E-state index is 10.3. The molecule has 0 bridgehead atoms. The summed E-state index contributed by atoms with van der Waals surface area (Å²) >= 11 is 0. The van der Waals surface area contributed by atoms with E-state index in [0.29, 0.717) is 5.92 Å². The Hall–Kier alpha value is -1.26. The summed E-state index contributed by atoms with van der Waals surface area (Å²) in [4.78, 5) is 0. The second-order valence-electron chi connectivity index (χ2n) is 5.25. The first kappa shape index (κ1) is 14.8. The van der Waals surface area contributed by atoms with E-state index in [2.05, 4.69) is 44.7 Å². The highest BCUT2D eigenvalue weighted by molar-refractivity contribution is 5.34. The smallest absolute Gasteiger partial charge is 0.148 e. The van der Waals surface area contributed by atoms with Gasteiger partial charge in [0.25, 0.3) is 0 Å². The van der Waals surface area contributed by atoms with E-state index in [-0.39, 0.29) is 0 Å². The van der Waals surface area contributed by atoms with Crippen molar-refractivity contribution in [3.8, 4) is 11.8 Å². The average Bonchev–Trinajstić information content (AvgIpc) is 2.35. The molecule has 0 spiro atoms. The van der Waals surface area contributed by atoms with Crippen molar-refractivity contribution in [2.45, 2.75) is 58.5 Å². The first-order valence-electron chi connectivity index (χ1n) is 6.80. The molecule has 98 valence electrons. The molecule has 1 rings (SSSR count). The Bertz CT molecular complexity index is 415. The Kier molecular flexibility index (Phi) is 5.44. The van der Waals surface area contributed by atoms with Crippen LogP contribution in [0, 0.1) is 11.8 Å². The summed E-state index contributed by atoms with van der Waals surface area (Å²) in [7, 11) is 0. The quantitative estimate of drug-likeness (QED) is 0.621. The van der Waals surface area contributed by atoms with Gasteiger partial charge in [-0.05, 0) is 30.4 Å². The summed E-state index contributed by atoms with van der Waals surface area (Å²) in [6.45, 7) is 8.23. The number of hydrogen-bond donors (Lipinski definition) is 1. The van der Waals surface area contributed by atoms with Crippen LogP contribution in [0.2, 0.25) is 0 Å². The van der Waals surface area contributed by atoms with Gasteiger partial charge in [-0.2, -0.15) is 0 Å². The number of aliphatic hydroxyl groups is 1. The Balaban J connectivity index is 2.80. The number of rotatable bonds is 4. The van der Waals surface area contributed by atoms with Crippen LogP contribution in [0.15, 0.2) is 24.3 Å². The summed E-state index contributed by atoms with van der Waals surface area (Å²) < 4.78 is 0. The molecule has 0 fully saturated rings. The fourth-order valence-electron chi connectivity index (χ4n) is 1.76. The molecule has 0 saturated carbocycles. The Morgan fingerprint density at radius 1 is 1.22 bits per heavy atom. The van der Waals surface area contributed by atoms with Crippen LogP contribution < -0.4 is 0 Å². The zero-order valence-corrected chi connectivity index (χ0v) is 12.0. The standard InChI is InChI=1S/C17H24O/c1-5-6-7-8-13-17(4,18)16-11-9-15(10-12-16)14(2)3/h9-12,14,18H,5-7H2,1-4H3. The molecule has 0 saturated heterocycles. The van der Waals surface area contributed by atoms with Crippen molar-refractivity contribution in [2.24, 2.45) is 0 Å². The molecule has 0 aliphatic rings. The summed E-state index contributed by atoms with van der Waals surface area (Å²) in [5, 5.41) is 10.3. The fourth-order valence-corrected chi connectivity index (χ4v) is 1.76. The Labute approximate surface area is 111 Å². The highest BCUT2D eigenvalue weighted by Crippen LogP contribution is 2.22. The average molecular weight is 244 g/mol. The SMILES string of the molecule is CCCCC#CC(C)(O)c1ccc(C(C)C)cc1. The van der Waals surface area contributed by atoms with E-state index in [4.69, 9.17) is 0 Å². The summed E-state index contributed by atoms with van der Waals surface area (Å²) in [5.74, 6) is 6.54. The van der Waals surface area contributed by atoms with Crippen LogP contribution in [-0.2, 0) is 5.60 Å². The van der Waals surface area contributed by atoms with Crippen molar-refractivity contribution in [1.29, 1.82) is 0 Å². The van der Waals surface area contributed by atoms with Gasteiger partial charge in [0.1, 0.15) is 5.60 Å². The molecule has 0 amide bonds. The van der Waals surface area contributed by atoms with Gasteiger partial charge < -0.3 is 5.11 Å². The van der Waals surface area contributed by atoms with E-state index < -0.39 is 5.60 Å². The van der Waals surface area contributed by atoms with Gasteiger partial charge in [0.2, 0.25) is 0 Å². The summed E-state index contributed by atoms with van der Waals surface area (Å²) in [5.41, 5.74) is 1.12. The molecule has 1 unspecified atom stereocenters. The lowest BCUT2D eigenvalue weighted by Crippen LogP contribution is -2.18. The largest absolute Gasteiger partial charge is 0.374 e. The van der Waals surface area contributed by atoms with Gasteiger partial charge in [0.05, 0.1) is 0 Å². The maximum absolute atomic E-state index is 10.3.